The molecule has 4 aromatic rings. The number of nitrogens with zero attached hydrogens (tertiary/aromatic N) is 3. The number of anilines is 2. The van der Waals surface area contributed by atoms with Crippen molar-refractivity contribution in [1.29, 1.82) is 0 Å². The molecule has 3 heterocycles. The van der Waals surface area contributed by atoms with Gasteiger partial charge in [0.1, 0.15) is 0 Å². The fourth-order valence-electron chi connectivity index (χ4n) is 2.86. The van der Waals surface area contributed by atoms with Crippen LogP contribution >= 0.6 is 34.4 Å². The van der Waals surface area contributed by atoms with Gasteiger partial charge >= 0.3 is 0 Å². The highest BCUT2D eigenvalue weighted by Crippen LogP contribution is 2.26. The summed E-state index contributed by atoms with van der Waals surface area (Å²) in [5.41, 5.74) is 2.25. The third kappa shape index (κ3) is 5.04. The van der Waals surface area contributed by atoms with Crippen molar-refractivity contribution >= 4 is 57.6 Å². The van der Waals surface area contributed by atoms with Crippen molar-refractivity contribution in [3.05, 3.63) is 63.7 Å². The summed E-state index contributed by atoms with van der Waals surface area (Å²) in [6.45, 7) is 1.89. The van der Waals surface area contributed by atoms with Crippen molar-refractivity contribution in [1.82, 2.24) is 14.8 Å². The van der Waals surface area contributed by atoms with Crippen molar-refractivity contribution in [3.63, 3.8) is 0 Å². The first-order chi connectivity index (χ1) is 15.0. The van der Waals surface area contributed by atoms with Gasteiger partial charge in [0.15, 0.2) is 11.0 Å². The van der Waals surface area contributed by atoms with E-state index in [4.69, 9.17) is 0 Å². The molecule has 0 aliphatic rings. The quantitative estimate of drug-likeness (QED) is 0.376. The minimum absolute atomic E-state index is 0.135. The van der Waals surface area contributed by atoms with E-state index in [-0.39, 0.29) is 17.6 Å². The zero-order chi connectivity index (χ0) is 21.8. The molecule has 0 aliphatic heterocycles. The molecule has 7 nitrogen and oxygen atoms in total. The molecule has 2 amide bonds. The molecule has 3 aromatic heterocycles. The molecule has 0 spiro atoms. The van der Waals surface area contributed by atoms with E-state index in [0.29, 0.717) is 21.4 Å². The lowest BCUT2D eigenvalue weighted by molar-refractivity contribution is -0.113. The lowest BCUT2D eigenvalue weighted by Gasteiger charge is -2.11. The van der Waals surface area contributed by atoms with Gasteiger partial charge in [-0.1, -0.05) is 23.9 Å². The van der Waals surface area contributed by atoms with E-state index in [1.165, 1.54) is 23.1 Å². The molecule has 0 saturated heterocycles. The second kappa shape index (κ2) is 9.46. The third-order valence-electron chi connectivity index (χ3n) is 4.41. The number of rotatable bonds is 7. The molecule has 0 saturated carbocycles. The van der Waals surface area contributed by atoms with E-state index < -0.39 is 0 Å². The number of nitrogens with one attached hydrogen (secondary N) is 2. The van der Waals surface area contributed by atoms with Gasteiger partial charge in [-0.3, -0.25) is 9.59 Å². The van der Waals surface area contributed by atoms with Crippen molar-refractivity contribution < 1.29 is 9.59 Å². The second-order valence-corrected chi connectivity index (χ2v) is 9.48. The maximum Gasteiger partial charge on any atom is 0.265 e. The summed E-state index contributed by atoms with van der Waals surface area (Å²) in [5, 5.41) is 18.7. The summed E-state index contributed by atoms with van der Waals surface area (Å²) >= 11 is 4.32. The fraction of sp³-hybridized carbons (Fsp3) is 0.143. The second-order valence-electron chi connectivity index (χ2n) is 6.64. The number of benzene rings is 1. The van der Waals surface area contributed by atoms with Crippen molar-refractivity contribution in [3.8, 4) is 10.7 Å². The van der Waals surface area contributed by atoms with Crippen LogP contribution in [0.15, 0.2) is 58.4 Å². The minimum Gasteiger partial charge on any atom is -0.325 e. The summed E-state index contributed by atoms with van der Waals surface area (Å²) in [6.07, 6.45) is 0. The monoisotopic (exact) mass is 469 g/mol. The molecule has 0 radical (unpaired) electrons. The van der Waals surface area contributed by atoms with Crippen LogP contribution in [0.4, 0.5) is 11.4 Å². The zero-order valence-corrected chi connectivity index (χ0v) is 19.2. The number of amides is 2. The molecule has 0 atom stereocenters. The van der Waals surface area contributed by atoms with Crippen LogP contribution in [0.1, 0.15) is 15.2 Å². The summed E-state index contributed by atoms with van der Waals surface area (Å²) < 4.78 is 1.89. The van der Waals surface area contributed by atoms with Gasteiger partial charge in [-0.2, -0.15) is 0 Å². The molecule has 0 bridgehead atoms. The molecule has 0 unspecified atom stereocenters. The topological polar surface area (TPSA) is 88.9 Å². The van der Waals surface area contributed by atoms with Crippen LogP contribution in [0.25, 0.3) is 10.7 Å². The number of aryl methyl sites for hydroxylation is 1. The van der Waals surface area contributed by atoms with Gasteiger partial charge < -0.3 is 15.2 Å². The van der Waals surface area contributed by atoms with Crippen LogP contribution in [0, 0.1) is 6.92 Å². The summed E-state index contributed by atoms with van der Waals surface area (Å²) in [6, 6.07) is 13.0. The Labute approximate surface area is 191 Å². The fourth-order valence-corrected chi connectivity index (χ4v) is 4.93. The number of thioether (sulfide) groups is 1. The molecular weight excluding hydrogens is 450 g/mol. The molecule has 158 valence electrons. The Morgan fingerprint density at radius 1 is 1.06 bits per heavy atom. The van der Waals surface area contributed by atoms with Crippen molar-refractivity contribution in [2.24, 2.45) is 7.05 Å². The highest BCUT2D eigenvalue weighted by molar-refractivity contribution is 7.99. The smallest absolute Gasteiger partial charge is 0.265 e. The lowest BCUT2D eigenvalue weighted by Crippen LogP contribution is -2.16. The van der Waals surface area contributed by atoms with Crippen LogP contribution in [0.2, 0.25) is 0 Å². The molecule has 2 N–H and O–H groups in total. The number of thiophene rings is 2. The lowest BCUT2D eigenvalue weighted by atomic mass is 10.1. The van der Waals surface area contributed by atoms with Gasteiger partial charge in [0, 0.05) is 18.4 Å². The Morgan fingerprint density at radius 3 is 2.58 bits per heavy atom. The van der Waals surface area contributed by atoms with Gasteiger partial charge in [0.25, 0.3) is 5.91 Å². The average Bonchev–Trinajstić information content (AvgIpc) is 3.51. The third-order valence-corrected chi connectivity index (χ3v) is 7.17. The van der Waals surface area contributed by atoms with Crippen LogP contribution in [0.3, 0.4) is 0 Å². The van der Waals surface area contributed by atoms with E-state index in [0.717, 1.165) is 16.3 Å². The summed E-state index contributed by atoms with van der Waals surface area (Å²) in [4.78, 5) is 26.3. The Bertz CT molecular complexity index is 1200. The molecular formula is C21H19N5O2S3. The van der Waals surface area contributed by atoms with Crippen LogP contribution in [0.5, 0.6) is 0 Å². The van der Waals surface area contributed by atoms with E-state index in [9.17, 15) is 9.59 Å². The van der Waals surface area contributed by atoms with Gasteiger partial charge in [0.2, 0.25) is 5.91 Å². The van der Waals surface area contributed by atoms with Crippen molar-refractivity contribution in [2.45, 2.75) is 12.1 Å². The predicted molar refractivity (Wildman–Crippen MR) is 127 cm³/mol. The summed E-state index contributed by atoms with van der Waals surface area (Å²) in [7, 11) is 1.89. The minimum atomic E-state index is -0.145. The Hall–Kier alpha value is -2.95. The Balaban J connectivity index is 1.34. The maximum atomic E-state index is 12.4. The molecule has 0 aliphatic carbocycles. The van der Waals surface area contributed by atoms with Gasteiger partial charge in [-0.15, -0.1) is 32.9 Å². The number of carbonyl (C=O) groups is 2. The van der Waals surface area contributed by atoms with Crippen LogP contribution in [-0.2, 0) is 11.8 Å². The maximum absolute atomic E-state index is 12.4. The van der Waals surface area contributed by atoms with E-state index in [1.54, 1.807) is 29.5 Å². The number of carbonyl (C=O) groups excluding carboxylic acids is 2. The largest absolute Gasteiger partial charge is 0.325 e. The van der Waals surface area contributed by atoms with Crippen LogP contribution in [-0.4, -0.2) is 32.3 Å². The van der Waals surface area contributed by atoms with Gasteiger partial charge in [0.05, 0.1) is 15.5 Å². The Kier molecular flexibility index (Phi) is 6.50. The predicted octanol–water partition coefficient (Wildman–Crippen LogP) is 4.90. The van der Waals surface area contributed by atoms with E-state index in [1.807, 2.05) is 53.6 Å². The van der Waals surface area contributed by atoms with E-state index in [2.05, 4.69) is 20.8 Å². The molecule has 10 heteroatoms. The Morgan fingerprint density at radius 2 is 1.87 bits per heavy atom. The number of hydrogen-bond acceptors (Lipinski definition) is 7. The number of aromatic nitrogens is 3. The first kappa shape index (κ1) is 21.3. The first-order valence-corrected chi connectivity index (χ1v) is 12.1. The molecule has 31 heavy (non-hydrogen) atoms. The van der Waals surface area contributed by atoms with E-state index >= 15 is 0 Å². The highest BCUT2D eigenvalue weighted by Gasteiger charge is 2.14. The van der Waals surface area contributed by atoms with Crippen molar-refractivity contribution in [2.75, 3.05) is 16.4 Å². The average molecular weight is 470 g/mol. The number of hydrogen-bond donors (Lipinski definition) is 2. The SMILES string of the molecule is Cc1cc(NC(=O)c2cccs2)ccc1NC(=O)CSc1nnc(-c2cccs2)n1C. The molecule has 1 aromatic carbocycles. The van der Waals surface area contributed by atoms with Gasteiger partial charge in [-0.25, -0.2) is 0 Å². The zero-order valence-electron chi connectivity index (χ0n) is 16.8. The molecule has 4 rings (SSSR count). The highest BCUT2D eigenvalue weighted by atomic mass is 32.2. The molecule has 0 fully saturated rings. The normalized spacial score (nSPS) is 10.8. The summed E-state index contributed by atoms with van der Waals surface area (Å²) in [5.74, 6) is 0.721. The first-order valence-electron chi connectivity index (χ1n) is 9.32. The van der Waals surface area contributed by atoms with Gasteiger partial charge in [-0.05, 0) is 53.6 Å². The standard InChI is InChI=1S/C21H19N5O2S3/c1-13-11-14(22-20(28)17-6-4-10-30-17)7-8-15(13)23-18(27)12-31-21-25-24-19(26(21)2)16-5-3-9-29-16/h3-11H,12H2,1-2H3,(H,22,28)(H,23,27). The van der Waals surface area contributed by atoms with Crippen LogP contribution < -0.4 is 10.6 Å².